The summed E-state index contributed by atoms with van der Waals surface area (Å²) >= 11 is 1.28. The first-order valence-corrected chi connectivity index (χ1v) is 16.9. The van der Waals surface area contributed by atoms with E-state index in [0.717, 1.165) is 30.7 Å². The lowest BCUT2D eigenvalue weighted by Crippen LogP contribution is -2.36. The normalized spacial score (nSPS) is 15.2. The minimum atomic E-state index is -4.84. The van der Waals surface area contributed by atoms with Crippen LogP contribution >= 0.6 is 11.8 Å². The smallest absolute Gasteiger partial charge is 0.416 e. The van der Waals surface area contributed by atoms with Gasteiger partial charge in [0.2, 0.25) is 0 Å². The largest absolute Gasteiger partial charge is 0.466 e. The second-order valence-electron chi connectivity index (χ2n) is 12.0. The van der Waals surface area contributed by atoms with E-state index in [4.69, 9.17) is 4.74 Å². The Labute approximate surface area is 284 Å². The van der Waals surface area contributed by atoms with Gasteiger partial charge in [-0.25, -0.2) is 13.2 Å². The average molecular weight is 703 g/mol. The number of aromatic nitrogens is 1. The highest BCUT2D eigenvalue weighted by atomic mass is 32.2. The Hall–Kier alpha value is -4.03. The summed E-state index contributed by atoms with van der Waals surface area (Å²) in [5, 5.41) is 3.85. The van der Waals surface area contributed by atoms with Crippen LogP contribution in [0, 0.1) is 12.7 Å². The molecule has 49 heavy (non-hydrogen) atoms. The summed E-state index contributed by atoms with van der Waals surface area (Å²) in [6, 6.07) is 16.4. The van der Waals surface area contributed by atoms with Gasteiger partial charge in [-0.3, -0.25) is 14.2 Å². The van der Waals surface area contributed by atoms with Gasteiger partial charge in [-0.2, -0.15) is 13.2 Å². The van der Waals surface area contributed by atoms with E-state index in [1.165, 1.54) is 40.6 Å². The van der Waals surface area contributed by atoms with Crippen molar-refractivity contribution in [2.75, 3.05) is 18.9 Å². The van der Waals surface area contributed by atoms with Crippen molar-refractivity contribution in [3.8, 4) is 11.1 Å². The van der Waals surface area contributed by atoms with Crippen LogP contribution in [0.2, 0.25) is 0 Å². The minimum absolute atomic E-state index is 0.0522. The number of pyridine rings is 1. The van der Waals surface area contributed by atoms with Gasteiger partial charge in [0, 0.05) is 36.6 Å². The third-order valence-corrected chi connectivity index (χ3v) is 9.89. The quantitative estimate of drug-likeness (QED) is 0.0908. The first-order chi connectivity index (χ1) is 23.2. The number of hydrogen-bond acceptors (Lipinski definition) is 5. The monoisotopic (exact) mass is 702 g/mol. The predicted molar refractivity (Wildman–Crippen MR) is 177 cm³/mol. The van der Waals surface area contributed by atoms with Gasteiger partial charge in [-0.05, 0) is 67.3 Å². The van der Waals surface area contributed by atoms with Crippen molar-refractivity contribution in [2.24, 2.45) is 0 Å². The van der Waals surface area contributed by atoms with Crippen molar-refractivity contribution in [1.82, 2.24) is 9.88 Å². The number of fused-ring (bicyclic) bond motifs is 1. The Morgan fingerprint density at radius 2 is 1.73 bits per heavy atom. The number of nitrogens with one attached hydrogen (secondary N) is 1. The van der Waals surface area contributed by atoms with Crippen molar-refractivity contribution in [3.05, 3.63) is 122 Å². The van der Waals surface area contributed by atoms with Crippen molar-refractivity contribution in [3.63, 3.8) is 0 Å². The number of carbonyl (C=O) groups excluding carboxylic acids is 1. The van der Waals surface area contributed by atoms with Crippen molar-refractivity contribution >= 4 is 17.7 Å². The van der Waals surface area contributed by atoms with Crippen LogP contribution in [-0.2, 0) is 28.1 Å². The molecule has 2 heterocycles. The van der Waals surface area contributed by atoms with Gasteiger partial charge in [-0.1, -0.05) is 54.6 Å². The summed E-state index contributed by atoms with van der Waals surface area (Å²) in [5.74, 6) is -4.27. The maximum absolute atomic E-state index is 15.2. The van der Waals surface area contributed by atoms with E-state index < -0.39 is 53.1 Å². The van der Waals surface area contributed by atoms with Gasteiger partial charge in [0.15, 0.2) is 0 Å². The molecule has 5 rings (SSSR count). The summed E-state index contributed by atoms with van der Waals surface area (Å²) in [4.78, 5) is 26.6. The lowest BCUT2D eigenvalue weighted by atomic mass is 9.91. The van der Waals surface area contributed by atoms with Gasteiger partial charge < -0.3 is 10.1 Å². The maximum Gasteiger partial charge on any atom is 0.416 e. The molecule has 0 amide bonds. The SMILES string of the molecule is CCOC(=O)CCCNC(c1ccccc1)[C@H]1CSc2c(Cc3c(F)cccc3C(F)(F)F)c(C)c(-c3cccc(C(C)(F)F)c3)c(=O)n21. The van der Waals surface area contributed by atoms with Crippen LogP contribution in [0.5, 0.6) is 0 Å². The Bertz CT molecular complexity index is 1870. The van der Waals surface area contributed by atoms with E-state index in [1.807, 2.05) is 30.3 Å². The zero-order chi connectivity index (χ0) is 35.5. The fourth-order valence-corrected chi connectivity index (χ4v) is 7.74. The summed E-state index contributed by atoms with van der Waals surface area (Å²) in [6.07, 6.45) is -4.71. The molecule has 0 saturated heterocycles. The molecule has 3 aromatic carbocycles. The van der Waals surface area contributed by atoms with E-state index in [1.54, 1.807) is 13.8 Å². The van der Waals surface area contributed by atoms with Crippen molar-refractivity contribution < 1.29 is 35.9 Å². The van der Waals surface area contributed by atoms with Gasteiger partial charge in [0.1, 0.15) is 5.82 Å². The number of ether oxygens (including phenoxy) is 1. The molecule has 1 aromatic heterocycles. The highest BCUT2D eigenvalue weighted by Gasteiger charge is 2.38. The Kier molecular flexibility index (Phi) is 11.0. The summed E-state index contributed by atoms with van der Waals surface area (Å²) in [6.45, 7) is 4.67. The van der Waals surface area contributed by atoms with Gasteiger partial charge in [0.25, 0.3) is 11.5 Å². The zero-order valence-electron chi connectivity index (χ0n) is 27.2. The van der Waals surface area contributed by atoms with Crippen LogP contribution in [0.25, 0.3) is 11.1 Å². The molecule has 260 valence electrons. The molecule has 5 nitrogen and oxygen atoms in total. The zero-order valence-corrected chi connectivity index (χ0v) is 28.0. The number of alkyl halides is 5. The Balaban J connectivity index is 1.69. The van der Waals surface area contributed by atoms with Crippen LogP contribution in [0.4, 0.5) is 26.3 Å². The molecule has 2 atom stereocenters. The topological polar surface area (TPSA) is 60.3 Å². The summed E-state index contributed by atoms with van der Waals surface area (Å²) in [7, 11) is 0. The molecular formula is C37H36F6N2O3S. The van der Waals surface area contributed by atoms with Gasteiger partial charge >= 0.3 is 12.1 Å². The van der Waals surface area contributed by atoms with Crippen LogP contribution in [0.15, 0.2) is 82.6 Å². The standard InChI is InChI=1S/C37H36F6N2O3S/c1-4-48-31(46)17-10-18-44-33(23-11-6-5-7-12-23)30-21-49-35-26(20-27-28(37(41,42)43)15-9-16-29(27)38)22(2)32(34(47)45(30)35)24-13-8-14-25(19-24)36(3,39)40/h5-9,11-16,19,30,33,44H,4,10,17-18,20-21H2,1-3H3/t30-,33?/m1/s1. The third kappa shape index (κ3) is 7.91. The molecule has 0 radical (unpaired) electrons. The highest BCUT2D eigenvalue weighted by molar-refractivity contribution is 7.99. The number of rotatable bonds is 12. The molecule has 1 unspecified atom stereocenters. The van der Waals surface area contributed by atoms with E-state index in [9.17, 15) is 31.5 Å². The predicted octanol–water partition coefficient (Wildman–Crippen LogP) is 9.01. The molecule has 0 aliphatic carbocycles. The number of halogens is 6. The molecule has 1 aliphatic rings. The molecule has 1 N–H and O–H groups in total. The minimum Gasteiger partial charge on any atom is -0.466 e. The summed E-state index contributed by atoms with van der Waals surface area (Å²) < 4.78 is 93.1. The highest BCUT2D eigenvalue weighted by Crippen LogP contribution is 2.45. The van der Waals surface area contributed by atoms with Gasteiger partial charge in [-0.15, -0.1) is 11.8 Å². The number of carbonyl (C=O) groups is 1. The second-order valence-corrected chi connectivity index (χ2v) is 13.0. The molecule has 0 spiro atoms. The Morgan fingerprint density at radius 3 is 2.41 bits per heavy atom. The van der Waals surface area contributed by atoms with E-state index in [-0.39, 0.29) is 41.3 Å². The molecule has 1 aliphatic heterocycles. The molecule has 0 fully saturated rings. The number of thioether (sulfide) groups is 1. The number of benzene rings is 3. The maximum atomic E-state index is 15.2. The van der Waals surface area contributed by atoms with Crippen molar-refractivity contribution in [1.29, 1.82) is 0 Å². The Morgan fingerprint density at radius 1 is 1.02 bits per heavy atom. The van der Waals surface area contributed by atoms with Crippen LogP contribution in [0.1, 0.15) is 72.2 Å². The third-order valence-electron chi connectivity index (χ3n) is 8.67. The van der Waals surface area contributed by atoms with Crippen LogP contribution in [0.3, 0.4) is 0 Å². The van der Waals surface area contributed by atoms with Crippen LogP contribution < -0.4 is 10.9 Å². The lowest BCUT2D eigenvalue weighted by Gasteiger charge is -2.28. The van der Waals surface area contributed by atoms with Crippen molar-refractivity contribution in [2.45, 2.75) is 69.2 Å². The fraction of sp³-hybridized carbons (Fsp3) is 0.351. The molecule has 12 heteroatoms. The van der Waals surface area contributed by atoms with E-state index >= 15 is 4.39 Å². The number of hydrogen-bond donors (Lipinski definition) is 1. The van der Waals surface area contributed by atoms with Gasteiger partial charge in [0.05, 0.1) is 34.8 Å². The average Bonchev–Trinajstić information content (AvgIpc) is 3.48. The second kappa shape index (κ2) is 14.8. The number of nitrogens with zero attached hydrogens (tertiary/aromatic N) is 1. The lowest BCUT2D eigenvalue weighted by molar-refractivity contribution is -0.143. The first kappa shape index (κ1) is 36.3. The van der Waals surface area contributed by atoms with E-state index in [0.29, 0.717) is 29.3 Å². The molecule has 4 aromatic rings. The fourth-order valence-electron chi connectivity index (χ4n) is 6.31. The van der Waals surface area contributed by atoms with E-state index in [2.05, 4.69) is 5.32 Å². The van der Waals surface area contributed by atoms with Crippen LogP contribution in [-0.4, -0.2) is 29.4 Å². The molecule has 0 saturated carbocycles. The molecule has 0 bridgehead atoms. The number of esters is 1. The first-order valence-electron chi connectivity index (χ1n) is 15.9. The molecular weight excluding hydrogens is 666 g/mol. The summed E-state index contributed by atoms with van der Waals surface area (Å²) in [5.41, 5.74) is -0.878.